The van der Waals surface area contributed by atoms with Gasteiger partial charge in [0.2, 0.25) is 0 Å². The van der Waals surface area contributed by atoms with Crippen LogP contribution in [0.4, 0.5) is 5.69 Å². The van der Waals surface area contributed by atoms with Gasteiger partial charge in [-0.25, -0.2) is 0 Å². The molecule has 1 atom stereocenters. The lowest BCUT2D eigenvalue weighted by atomic mass is 10.0. The zero-order valence-electron chi connectivity index (χ0n) is 22.0. The molecule has 190 valence electrons. The van der Waals surface area contributed by atoms with Gasteiger partial charge in [-0.3, -0.25) is 4.79 Å². The van der Waals surface area contributed by atoms with Gasteiger partial charge in [0.05, 0.1) is 6.61 Å². The molecule has 0 bridgehead atoms. The summed E-state index contributed by atoms with van der Waals surface area (Å²) in [4.78, 5) is 20.1. The second-order valence-electron chi connectivity index (χ2n) is 10.4. The zero-order valence-corrected chi connectivity index (χ0v) is 22.0. The third-order valence-corrected chi connectivity index (χ3v) is 7.47. The van der Waals surface area contributed by atoms with Crippen molar-refractivity contribution in [2.75, 3.05) is 57.3 Å². The van der Waals surface area contributed by atoms with E-state index in [1.54, 1.807) is 0 Å². The van der Waals surface area contributed by atoms with Gasteiger partial charge < -0.3 is 19.4 Å². The number of likely N-dealkylation sites (tertiary alicyclic amines) is 1. The first-order chi connectivity index (χ1) is 17.0. The van der Waals surface area contributed by atoms with Crippen molar-refractivity contribution in [2.24, 2.45) is 5.92 Å². The molecule has 0 N–H and O–H groups in total. The van der Waals surface area contributed by atoms with Crippen LogP contribution < -0.4 is 9.64 Å². The van der Waals surface area contributed by atoms with Crippen LogP contribution in [0.3, 0.4) is 0 Å². The number of nitrogens with zero attached hydrogens (tertiary/aromatic N) is 3. The Bertz CT molecular complexity index is 951. The number of amides is 1. The van der Waals surface area contributed by atoms with E-state index in [1.807, 2.05) is 11.8 Å². The number of rotatable bonds is 9. The minimum atomic E-state index is 0.169. The fourth-order valence-electron chi connectivity index (χ4n) is 5.40. The van der Waals surface area contributed by atoms with Crippen LogP contribution in [0, 0.1) is 12.8 Å². The van der Waals surface area contributed by atoms with Gasteiger partial charge in [0, 0.05) is 50.5 Å². The average molecular weight is 478 g/mol. The molecule has 4 rings (SSSR count). The van der Waals surface area contributed by atoms with Gasteiger partial charge in [-0.2, -0.15) is 0 Å². The number of benzene rings is 2. The highest BCUT2D eigenvalue weighted by atomic mass is 16.5. The number of hydrogen-bond acceptors (Lipinski definition) is 4. The van der Waals surface area contributed by atoms with Crippen molar-refractivity contribution in [1.29, 1.82) is 0 Å². The van der Waals surface area contributed by atoms with Crippen LogP contribution in [0.15, 0.2) is 42.5 Å². The molecule has 5 nitrogen and oxygen atoms in total. The van der Waals surface area contributed by atoms with Gasteiger partial charge in [-0.1, -0.05) is 32.4 Å². The number of carbonyl (C=O) groups is 1. The normalized spacial score (nSPS) is 19.1. The fourth-order valence-corrected chi connectivity index (χ4v) is 5.40. The van der Waals surface area contributed by atoms with Crippen molar-refractivity contribution in [3.8, 4) is 5.75 Å². The average Bonchev–Trinajstić information content (AvgIpc) is 2.88. The Morgan fingerprint density at radius 2 is 1.80 bits per heavy atom. The minimum Gasteiger partial charge on any atom is -0.494 e. The van der Waals surface area contributed by atoms with Gasteiger partial charge in [-0.05, 0) is 86.5 Å². The van der Waals surface area contributed by atoms with Gasteiger partial charge in [0.15, 0.2) is 0 Å². The fraction of sp³-hybridized carbons (Fsp3) is 0.567. The summed E-state index contributed by atoms with van der Waals surface area (Å²) in [5, 5.41) is 0. The van der Waals surface area contributed by atoms with Crippen LogP contribution in [-0.2, 0) is 6.42 Å². The first kappa shape index (κ1) is 25.6. The lowest BCUT2D eigenvalue weighted by molar-refractivity contribution is 0.0746. The first-order valence-electron chi connectivity index (χ1n) is 13.6. The maximum Gasteiger partial charge on any atom is 0.254 e. The van der Waals surface area contributed by atoms with E-state index < -0.39 is 0 Å². The van der Waals surface area contributed by atoms with E-state index in [2.05, 4.69) is 66.1 Å². The van der Waals surface area contributed by atoms with Crippen molar-refractivity contribution >= 4 is 11.6 Å². The number of piperazine rings is 1. The van der Waals surface area contributed by atoms with Crippen LogP contribution in [-0.4, -0.2) is 68.1 Å². The number of ether oxygens (including phenoxy) is 1. The molecule has 0 radical (unpaired) electrons. The maximum absolute atomic E-state index is 13.2. The second kappa shape index (κ2) is 12.4. The first-order valence-corrected chi connectivity index (χ1v) is 13.6. The molecule has 2 aliphatic rings. The lowest BCUT2D eigenvalue weighted by Gasteiger charge is -2.36. The molecule has 1 unspecified atom stereocenters. The van der Waals surface area contributed by atoms with E-state index in [9.17, 15) is 4.79 Å². The summed E-state index contributed by atoms with van der Waals surface area (Å²) in [6, 6.07) is 14.8. The van der Waals surface area contributed by atoms with E-state index in [4.69, 9.17) is 4.74 Å². The Kier molecular flexibility index (Phi) is 9.08. The van der Waals surface area contributed by atoms with E-state index in [0.29, 0.717) is 0 Å². The molecule has 0 aromatic heterocycles. The van der Waals surface area contributed by atoms with Gasteiger partial charge in [-0.15, -0.1) is 0 Å². The Morgan fingerprint density at radius 3 is 2.51 bits per heavy atom. The van der Waals surface area contributed by atoms with Crippen molar-refractivity contribution < 1.29 is 9.53 Å². The highest BCUT2D eigenvalue weighted by Gasteiger charge is 2.23. The molecule has 35 heavy (non-hydrogen) atoms. The van der Waals surface area contributed by atoms with E-state index in [1.165, 1.54) is 37.2 Å². The van der Waals surface area contributed by atoms with Crippen molar-refractivity contribution in [1.82, 2.24) is 9.80 Å². The molecular weight excluding hydrogens is 434 g/mol. The molecule has 2 aliphatic heterocycles. The second-order valence-corrected chi connectivity index (χ2v) is 10.4. The van der Waals surface area contributed by atoms with E-state index in [-0.39, 0.29) is 5.91 Å². The predicted molar refractivity (Wildman–Crippen MR) is 145 cm³/mol. The molecular formula is C30H43N3O2. The monoisotopic (exact) mass is 477 g/mol. The highest BCUT2D eigenvalue weighted by molar-refractivity contribution is 5.96. The topological polar surface area (TPSA) is 36.0 Å². The number of hydrogen-bond donors (Lipinski definition) is 0. The van der Waals surface area contributed by atoms with Crippen LogP contribution >= 0.6 is 0 Å². The Balaban J connectivity index is 1.22. The number of anilines is 1. The standard InChI is InChI=1S/C30H43N3O2/c1-4-7-26-10-9-25(3)29(22-26)30(34)33-19-17-32(18-20-33)27-11-13-28(14-12-27)35-21-6-16-31-15-5-8-24(2)23-31/h9-14,22,24H,4-8,15-21,23H2,1-3H3. The molecule has 0 aliphatic carbocycles. The third kappa shape index (κ3) is 7.00. The third-order valence-electron chi connectivity index (χ3n) is 7.47. The number of piperidine rings is 1. The summed E-state index contributed by atoms with van der Waals surface area (Å²) < 4.78 is 6.00. The van der Waals surface area contributed by atoms with Crippen molar-refractivity contribution in [2.45, 2.75) is 52.9 Å². The van der Waals surface area contributed by atoms with Crippen LogP contribution in [0.5, 0.6) is 5.75 Å². The summed E-state index contributed by atoms with van der Waals surface area (Å²) in [5.74, 6) is 1.94. The minimum absolute atomic E-state index is 0.169. The molecule has 2 saturated heterocycles. The van der Waals surface area contributed by atoms with Gasteiger partial charge in [0.1, 0.15) is 5.75 Å². The van der Waals surface area contributed by atoms with Crippen molar-refractivity contribution in [3.05, 3.63) is 59.2 Å². The van der Waals surface area contributed by atoms with E-state index in [0.717, 1.165) is 81.4 Å². The summed E-state index contributed by atoms with van der Waals surface area (Å²) in [6.07, 6.45) is 5.89. The van der Waals surface area contributed by atoms with Crippen LogP contribution in [0.25, 0.3) is 0 Å². The van der Waals surface area contributed by atoms with Crippen LogP contribution in [0.2, 0.25) is 0 Å². The SMILES string of the molecule is CCCc1ccc(C)c(C(=O)N2CCN(c3ccc(OCCCN4CCCC(C)C4)cc3)CC2)c1. The smallest absolute Gasteiger partial charge is 0.254 e. The van der Waals surface area contributed by atoms with Crippen LogP contribution in [0.1, 0.15) is 61.0 Å². The summed E-state index contributed by atoms with van der Waals surface area (Å²) in [7, 11) is 0. The maximum atomic E-state index is 13.2. The molecule has 2 fully saturated rings. The lowest BCUT2D eigenvalue weighted by Crippen LogP contribution is -2.49. The molecule has 2 heterocycles. The summed E-state index contributed by atoms with van der Waals surface area (Å²) in [6.45, 7) is 14.2. The largest absolute Gasteiger partial charge is 0.494 e. The molecule has 0 saturated carbocycles. The molecule has 2 aromatic carbocycles. The molecule has 2 aromatic rings. The summed E-state index contributed by atoms with van der Waals surface area (Å²) in [5.41, 5.74) is 4.38. The molecule has 0 spiro atoms. The Labute approximate surface area is 212 Å². The molecule has 1 amide bonds. The Hall–Kier alpha value is -2.53. The number of carbonyl (C=O) groups excluding carboxylic acids is 1. The summed E-state index contributed by atoms with van der Waals surface area (Å²) >= 11 is 0. The highest BCUT2D eigenvalue weighted by Crippen LogP contribution is 2.23. The Morgan fingerprint density at radius 1 is 1.03 bits per heavy atom. The quantitative estimate of drug-likeness (QED) is 0.453. The van der Waals surface area contributed by atoms with Crippen molar-refractivity contribution in [3.63, 3.8) is 0 Å². The number of aryl methyl sites for hydroxylation is 2. The van der Waals surface area contributed by atoms with E-state index >= 15 is 0 Å². The van der Waals surface area contributed by atoms with Gasteiger partial charge >= 0.3 is 0 Å². The molecule has 5 heteroatoms. The van der Waals surface area contributed by atoms with Gasteiger partial charge in [0.25, 0.3) is 5.91 Å². The zero-order chi connectivity index (χ0) is 24.6. The predicted octanol–water partition coefficient (Wildman–Crippen LogP) is 5.41.